The number of rotatable bonds is 6. The van der Waals surface area contributed by atoms with Crippen LogP contribution in [-0.2, 0) is 14.3 Å². The molecule has 0 aromatic heterocycles. The average molecular weight is 421 g/mol. The molecule has 30 heavy (non-hydrogen) atoms. The van der Waals surface area contributed by atoms with Crippen LogP contribution in [0.4, 0.5) is 0 Å². The number of hydrogen-bond acceptors (Lipinski definition) is 4. The fourth-order valence-corrected chi connectivity index (χ4v) is 8.92. The molecule has 0 bridgehead atoms. The largest absolute Gasteiger partial charge is 0.481 e. The molecule has 4 saturated carbocycles. The summed E-state index contributed by atoms with van der Waals surface area (Å²) in [6.07, 6.45) is 9.16. The van der Waals surface area contributed by atoms with Crippen LogP contribution < -0.4 is 0 Å². The van der Waals surface area contributed by atoms with Crippen molar-refractivity contribution in [1.29, 1.82) is 0 Å². The van der Waals surface area contributed by atoms with Crippen molar-refractivity contribution in [2.24, 2.45) is 46.3 Å². The number of fused-ring (bicyclic) bond motifs is 5. The van der Waals surface area contributed by atoms with E-state index in [0.29, 0.717) is 42.0 Å². The zero-order valence-electron chi connectivity index (χ0n) is 18.9. The summed E-state index contributed by atoms with van der Waals surface area (Å²) in [6.45, 7) is 7.79. The molecule has 0 aromatic rings. The molecule has 4 fully saturated rings. The van der Waals surface area contributed by atoms with E-state index in [2.05, 4.69) is 20.8 Å². The Balaban J connectivity index is 1.60. The number of hydrogen-bond donors (Lipinski definition) is 2. The highest BCUT2D eigenvalue weighted by Gasteiger charge is 2.63. The van der Waals surface area contributed by atoms with Crippen molar-refractivity contribution in [2.45, 2.75) is 97.2 Å². The zero-order chi connectivity index (χ0) is 21.7. The fraction of sp³-hybridized carbons (Fsp3) is 0.920. The van der Waals surface area contributed by atoms with Gasteiger partial charge in [0.25, 0.3) is 6.47 Å². The van der Waals surface area contributed by atoms with Gasteiger partial charge < -0.3 is 14.9 Å². The molecule has 5 heteroatoms. The standard InChI is InChI=1S/C25H40O5/c1-15(4-7-22(28)29)18-5-6-19-23-20(9-11-25(18,19)3)24(2)10-8-17(27)12-16(24)13-21(23)30-14-26/h14-21,23,27H,4-13H2,1-3H3,(H,28,29)/t15-,16+,17-,18-,19+,20+,21-,23+,24+,25-/m1/s1. The van der Waals surface area contributed by atoms with Gasteiger partial charge in [-0.15, -0.1) is 0 Å². The molecule has 4 rings (SSSR count). The second-order valence-electron chi connectivity index (χ2n) is 11.6. The Morgan fingerprint density at radius 3 is 2.50 bits per heavy atom. The SMILES string of the molecule is C[C@H](CCC(=O)O)[C@H]1CC[C@H]2[C@@H]3[C@H](OC=O)C[C@@H]4C[C@H](O)CC[C@]4(C)[C@H]3CC[C@]12C. The molecule has 0 amide bonds. The molecule has 4 aliphatic rings. The van der Waals surface area contributed by atoms with E-state index in [-0.39, 0.29) is 29.5 Å². The predicted molar refractivity (Wildman–Crippen MR) is 114 cm³/mol. The van der Waals surface area contributed by atoms with Gasteiger partial charge >= 0.3 is 5.97 Å². The second kappa shape index (κ2) is 8.11. The Labute approximate surface area is 180 Å². The van der Waals surface area contributed by atoms with Crippen molar-refractivity contribution in [3.8, 4) is 0 Å². The van der Waals surface area contributed by atoms with Crippen LogP contribution in [0.15, 0.2) is 0 Å². The maximum atomic E-state index is 11.4. The maximum absolute atomic E-state index is 11.4. The monoisotopic (exact) mass is 420 g/mol. The minimum absolute atomic E-state index is 0.0337. The first-order chi connectivity index (χ1) is 14.2. The molecule has 170 valence electrons. The van der Waals surface area contributed by atoms with Gasteiger partial charge in [-0.05, 0) is 98.2 Å². The van der Waals surface area contributed by atoms with Crippen LogP contribution in [0.3, 0.4) is 0 Å². The van der Waals surface area contributed by atoms with Crippen LogP contribution in [0.1, 0.15) is 85.0 Å². The van der Waals surface area contributed by atoms with Gasteiger partial charge in [0.2, 0.25) is 0 Å². The summed E-state index contributed by atoms with van der Waals surface area (Å²) in [5, 5.41) is 19.4. The number of ether oxygens (including phenoxy) is 1. The first-order valence-corrected chi connectivity index (χ1v) is 12.2. The number of carbonyl (C=O) groups excluding carboxylic acids is 1. The molecular formula is C25H40O5. The van der Waals surface area contributed by atoms with Crippen molar-refractivity contribution < 1.29 is 24.5 Å². The van der Waals surface area contributed by atoms with Crippen LogP contribution in [0, 0.1) is 46.3 Å². The van der Waals surface area contributed by atoms with Gasteiger partial charge in [0, 0.05) is 12.3 Å². The molecule has 0 unspecified atom stereocenters. The minimum Gasteiger partial charge on any atom is -0.481 e. The lowest BCUT2D eigenvalue weighted by atomic mass is 9.43. The molecule has 0 heterocycles. The Morgan fingerprint density at radius 2 is 1.80 bits per heavy atom. The third-order valence-corrected chi connectivity index (χ3v) is 10.4. The molecule has 0 spiro atoms. The molecule has 0 saturated heterocycles. The van der Waals surface area contributed by atoms with E-state index in [0.717, 1.165) is 38.5 Å². The van der Waals surface area contributed by atoms with Crippen molar-refractivity contribution in [3.63, 3.8) is 0 Å². The second-order valence-corrected chi connectivity index (χ2v) is 11.6. The Bertz CT molecular complexity index is 664. The van der Waals surface area contributed by atoms with Gasteiger partial charge in [0.15, 0.2) is 0 Å². The number of carboxylic acids is 1. The summed E-state index contributed by atoms with van der Waals surface area (Å²) in [7, 11) is 0. The van der Waals surface area contributed by atoms with Crippen LogP contribution in [0.5, 0.6) is 0 Å². The van der Waals surface area contributed by atoms with Crippen molar-refractivity contribution in [3.05, 3.63) is 0 Å². The zero-order valence-corrected chi connectivity index (χ0v) is 18.9. The van der Waals surface area contributed by atoms with Crippen molar-refractivity contribution in [1.82, 2.24) is 0 Å². The molecule has 0 radical (unpaired) electrons. The first kappa shape index (κ1) is 22.1. The minimum atomic E-state index is -0.699. The van der Waals surface area contributed by atoms with Crippen LogP contribution in [0.2, 0.25) is 0 Å². The molecule has 2 N–H and O–H groups in total. The third-order valence-electron chi connectivity index (χ3n) is 10.4. The van der Waals surface area contributed by atoms with E-state index in [4.69, 9.17) is 9.84 Å². The Hall–Kier alpha value is -1.10. The van der Waals surface area contributed by atoms with Crippen molar-refractivity contribution >= 4 is 12.4 Å². The molecule has 4 aliphatic carbocycles. The van der Waals surface area contributed by atoms with Gasteiger partial charge in [-0.25, -0.2) is 0 Å². The number of carboxylic acid groups (broad SMARTS) is 1. The van der Waals surface area contributed by atoms with E-state index in [1.807, 2.05) is 0 Å². The van der Waals surface area contributed by atoms with E-state index in [1.165, 1.54) is 19.3 Å². The highest BCUT2D eigenvalue weighted by atomic mass is 16.5. The lowest BCUT2D eigenvalue weighted by molar-refractivity contribution is -0.187. The van der Waals surface area contributed by atoms with Crippen LogP contribution >= 0.6 is 0 Å². The normalized spacial score (nSPS) is 48.7. The third kappa shape index (κ3) is 3.49. The Morgan fingerprint density at radius 1 is 1.10 bits per heavy atom. The van der Waals surface area contributed by atoms with Crippen molar-refractivity contribution in [2.75, 3.05) is 0 Å². The van der Waals surface area contributed by atoms with E-state index >= 15 is 0 Å². The Kier molecular flexibility index (Phi) is 5.97. The maximum Gasteiger partial charge on any atom is 0.303 e. The fourth-order valence-electron chi connectivity index (χ4n) is 8.92. The van der Waals surface area contributed by atoms with Crippen LogP contribution in [-0.4, -0.2) is 34.9 Å². The highest BCUT2D eigenvalue weighted by Crippen LogP contribution is 2.68. The molecule has 0 aromatic carbocycles. The lowest BCUT2D eigenvalue weighted by Gasteiger charge is -2.62. The number of aliphatic hydroxyl groups excluding tert-OH is 1. The van der Waals surface area contributed by atoms with Gasteiger partial charge in [0.1, 0.15) is 6.10 Å². The smallest absolute Gasteiger partial charge is 0.303 e. The number of carbonyl (C=O) groups is 2. The number of aliphatic carboxylic acids is 1. The summed E-state index contributed by atoms with van der Waals surface area (Å²) in [5.41, 5.74) is 0.446. The average Bonchev–Trinajstić information content (AvgIpc) is 3.04. The molecule has 5 nitrogen and oxygen atoms in total. The first-order valence-electron chi connectivity index (χ1n) is 12.2. The van der Waals surface area contributed by atoms with Gasteiger partial charge in [-0.3, -0.25) is 9.59 Å². The van der Waals surface area contributed by atoms with Gasteiger partial charge in [-0.2, -0.15) is 0 Å². The van der Waals surface area contributed by atoms with E-state index in [9.17, 15) is 14.7 Å². The summed E-state index contributed by atoms with van der Waals surface area (Å²) in [6, 6.07) is 0. The quantitative estimate of drug-likeness (QED) is 0.611. The summed E-state index contributed by atoms with van der Waals surface area (Å²) in [5.74, 6) is 2.21. The summed E-state index contributed by atoms with van der Waals surface area (Å²) in [4.78, 5) is 22.5. The summed E-state index contributed by atoms with van der Waals surface area (Å²) >= 11 is 0. The lowest BCUT2D eigenvalue weighted by Crippen LogP contribution is -2.59. The molecular weight excluding hydrogens is 380 g/mol. The predicted octanol–water partition coefficient (Wildman–Crippen LogP) is 4.66. The van der Waals surface area contributed by atoms with Gasteiger partial charge in [0.05, 0.1) is 6.10 Å². The highest BCUT2D eigenvalue weighted by molar-refractivity contribution is 5.66. The van der Waals surface area contributed by atoms with Crippen LogP contribution in [0.25, 0.3) is 0 Å². The molecule has 10 atom stereocenters. The molecule has 0 aliphatic heterocycles. The summed E-state index contributed by atoms with van der Waals surface area (Å²) < 4.78 is 5.77. The van der Waals surface area contributed by atoms with Gasteiger partial charge in [-0.1, -0.05) is 20.8 Å². The van der Waals surface area contributed by atoms with E-state index < -0.39 is 5.97 Å². The topological polar surface area (TPSA) is 83.8 Å². The van der Waals surface area contributed by atoms with E-state index in [1.54, 1.807) is 0 Å². The number of aliphatic hydroxyl groups is 1.